The van der Waals surface area contributed by atoms with Crippen LogP contribution < -0.4 is 10.2 Å². The Morgan fingerprint density at radius 3 is 2.48 bits per heavy atom. The third-order valence-electron chi connectivity index (χ3n) is 3.82. The van der Waals surface area contributed by atoms with Crippen LogP contribution in [0.2, 0.25) is 0 Å². The van der Waals surface area contributed by atoms with E-state index in [1.807, 2.05) is 0 Å². The molecule has 118 valence electrons. The molecule has 0 radical (unpaired) electrons. The maximum Gasteiger partial charge on any atom is 0.138 e. The lowest BCUT2D eigenvalue weighted by Gasteiger charge is -2.25. The van der Waals surface area contributed by atoms with Gasteiger partial charge >= 0.3 is 0 Å². The van der Waals surface area contributed by atoms with Gasteiger partial charge in [0.25, 0.3) is 0 Å². The van der Waals surface area contributed by atoms with Crippen molar-refractivity contribution in [3.8, 4) is 0 Å². The van der Waals surface area contributed by atoms with Gasteiger partial charge in [0.2, 0.25) is 0 Å². The van der Waals surface area contributed by atoms with E-state index < -0.39 is 0 Å². The van der Waals surface area contributed by atoms with Crippen molar-refractivity contribution >= 4 is 11.6 Å². The Hall–Kier alpha value is -1.32. The van der Waals surface area contributed by atoms with Crippen LogP contribution in [-0.4, -0.2) is 29.6 Å². The van der Waals surface area contributed by atoms with Crippen LogP contribution in [0.25, 0.3) is 0 Å². The van der Waals surface area contributed by atoms with E-state index in [1.165, 1.54) is 12.8 Å². The molecule has 1 aliphatic rings. The Bertz CT molecular complexity index is 460. The molecule has 0 spiro atoms. The highest BCUT2D eigenvalue weighted by atomic mass is 15.2. The molecular weight excluding hydrogens is 260 g/mol. The second kappa shape index (κ2) is 6.63. The molecule has 0 saturated heterocycles. The van der Waals surface area contributed by atoms with E-state index in [2.05, 4.69) is 50.9 Å². The maximum absolute atomic E-state index is 4.84. The first-order valence-corrected chi connectivity index (χ1v) is 8.32. The molecular formula is C17H30N4. The van der Waals surface area contributed by atoms with Crippen molar-refractivity contribution in [3.63, 3.8) is 0 Å². The molecule has 1 saturated carbocycles. The summed E-state index contributed by atoms with van der Waals surface area (Å²) in [5.41, 5.74) is -0.0301. The highest BCUT2D eigenvalue weighted by molar-refractivity contribution is 5.50. The predicted molar refractivity (Wildman–Crippen MR) is 90.1 cm³/mol. The van der Waals surface area contributed by atoms with Crippen molar-refractivity contribution in [3.05, 3.63) is 11.9 Å². The zero-order valence-electron chi connectivity index (χ0n) is 14.2. The average Bonchev–Trinajstić information content (AvgIpc) is 3.25. The Kier molecular flexibility index (Phi) is 5.07. The van der Waals surface area contributed by atoms with Crippen molar-refractivity contribution in [2.24, 2.45) is 5.92 Å². The number of nitrogens with one attached hydrogen (secondary N) is 1. The zero-order chi connectivity index (χ0) is 15.5. The lowest BCUT2D eigenvalue weighted by Crippen LogP contribution is -2.28. The monoisotopic (exact) mass is 290 g/mol. The third-order valence-corrected chi connectivity index (χ3v) is 3.82. The van der Waals surface area contributed by atoms with Gasteiger partial charge in [0.15, 0.2) is 0 Å². The molecule has 0 aromatic carbocycles. The van der Waals surface area contributed by atoms with Crippen LogP contribution in [0.3, 0.4) is 0 Å². The average molecular weight is 290 g/mol. The van der Waals surface area contributed by atoms with E-state index in [0.29, 0.717) is 0 Å². The summed E-state index contributed by atoms with van der Waals surface area (Å²) in [6.07, 6.45) is 3.84. The molecule has 4 heteroatoms. The molecule has 21 heavy (non-hydrogen) atoms. The van der Waals surface area contributed by atoms with Gasteiger partial charge in [-0.3, -0.25) is 0 Å². The second-order valence-corrected chi connectivity index (χ2v) is 7.09. The summed E-state index contributed by atoms with van der Waals surface area (Å²) in [7, 11) is 0. The van der Waals surface area contributed by atoms with Crippen LogP contribution in [0, 0.1) is 5.92 Å². The maximum atomic E-state index is 4.84. The second-order valence-electron chi connectivity index (χ2n) is 7.09. The molecule has 1 aliphatic carbocycles. The number of hydrogen-bond acceptors (Lipinski definition) is 4. The minimum atomic E-state index is -0.0301. The molecule has 2 rings (SSSR count). The quantitative estimate of drug-likeness (QED) is 0.828. The molecule has 0 unspecified atom stereocenters. The van der Waals surface area contributed by atoms with Gasteiger partial charge < -0.3 is 10.2 Å². The van der Waals surface area contributed by atoms with Gasteiger partial charge in [-0.15, -0.1) is 0 Å². The SMILES string of the molecule is CCCNc1cc(N(CC)CC2CC2)nc(C(C)(C)C)n1. The molecule has 0 amide bonds. The van der Waals surface area contributed by atoms with Crippen LogP contribution in [0.1, 0.15) is 59.7 Å². The summed E-state index contributed by atoms with van der Waals surface area (Å²) in [6, 6.07) is 2.11. The fourth-order valence-corrected chi connectivity index (χ4v) is 2.27. The fraction of sp³-hybridized carbons (Fsp3) is 0.765. The van der Waals surface area contributed by atoms with E-state index in [-0.39, 0.29) is 5.41 Å². The number of rotatable bonds is 7. The zero-order valence-corrected chi connectivity index (χ0v) is 14.2. The summed E-state index contributed by atoms with van der Waals surface area (Å²) in [5, 5.41) is 3.42. The summed E-state index contributed by atoms with van der Waals surface area (Å²) in [5.74, 6) is 3.82. The van der Waals surface area contributed by atoms with Gasteiger partial charge in [-0.05, 0) is 32.1 Å². The van der Waals surface area contributed by atoms with Crippen molar-refractivity contribution in [1.29, 1.82) is 0 Å². The van der Waals surface area contributed by atoms with Gasteiger partial charge in [-0.2, -0.15) is 0 Å². The highest BCUT2D eigenvalue weighted by Crippen LogP contribution is 2.32. The first-order valence-electron chi connectivity index (χ1n) is 8.32. The van der Waals surface area contributed by atoms with Crippen molar-refractivity contribution in [2.75, 3.05) is 29.9 Å². The fourth-order valence-electron chi connectivity index (χ4n) is 2.27. The predicted octanol–water partition coefficient (Wildman–Crippen LogP) is 3.83. The number of anilines is 2. The molecule has 1 N–H and O–H groups in total. The van der Waals surface area contributed by atoms with Gasteiger partial charge in [-0.1, -0.05) is 27.7 Å². The van der Waals surface area contributed by atoms with Gasteiger partial charge in [0, 0.05) is 31.1 Å². The smallest absolute Gasteiger partial charge is 0.138 e. The van der Waals surface area contributed by atoms with Gasteiger partial charge in [0.05, 0.1) is 0 Å². The van der Waals surface area contributed by atoms with Gasteiger partial charge in [0.1, 0.15) is 17.5 Å². The van der Waals surface area contributed by atoms with Crippen LogP contribution in [0.15, 0.2) is 6.07 Å². The first-order chi connectivity index (χ1) is 9.94. The Morgan fingerprint density at radius 1 is 1.24 bits per heavy atom. The van der Waals surface area contributed by atoms with E-state index in [4.69, 9.17) is 9.97 Å². The van der Waals surface area contributed by atoms with Crippen molar-refractivity contribution < 1.29 is 0 Å². The minimum absolute atomic E-state index is 0.0301. The molecule has 4 nitrogen and oxygen atoms in total. The van der Waals surface area contributed by atoms with Crippen molar-refractivity contribution in [2.45, 2.75) is 59.3 Å². The number of hydrogen-bond donors (Lipinski definition) is 1. The summed E-state index contributed by atoms with van der Waals surface area (Å²) < 4.78 is 0. The summed E-state index contributed by atoms with van der Waals surface area (Å²) in [4.78, 5) is 11.9. The molecule has 1 aromatic heterocycles. The number of nitrogens with zero attached hydrogens (tertiary/aromatic N) is 3. The largest absolute Gasteiger partial charge is 0.370 e. The van der Waals surface area contributed by atoms with Crippen LogP contribution in [0.4, 0.5) is 11.6 Å². The molecule has 1 heterocycles. The van der Waals surface area contributed by atoms with Crippen LogP contribution in [-0.2, 0) is 5.41 Å². The van der Waals surface area contributed by atoms with E-state index in [9.17, 15) is 0 Å². The van der Waals surface area contributed by atoms with Gasteiger partial charge in [-0.25, -0.2) is 9.97 Å². The summed E-state index contributed by atoms with van der Waals surface area (Å²) >= 11 is 0. The van der Waals surface area contributed by atoms with Crippen molar-refractivity contribution in [1.82, 2.24) is 9.97 Å². The van der Waals surface area contributed by atoms with E-state index >= 15 is 0 Å². The molecule has 1 fully saturated rings. The third kappa shape index (κ3) is 4.58. The topological polar surface area (TPSA) is 41.0 Å². The molecule has 1 aromatic rings. The normalized spacial score (nSPS) is 15.1. The highest BCUT2D eigenvalue weighted by Gasteiger charge is 2.26. The molecule has 0 bridgehead atoms. The minimum Gasteiger partial charge on any atom is -0.370 e. The Morgan fingerprint density at radius 2 is 1.95 bits per heavy atom. The van der Waals surface area contributed by atoms with Crippen LogP contribution >= 0.6 is 0 Å². The summed E-state index contributed by atoms with van der Waals surface area (Å²) in [6.45, 7) is 14.0. The molecule has 0 aliphatic heterocycles. The Balaban J connectivity index is 2.28. The lowest BCUT2D eigenvalue weighted by molar-refractivity contribution is 0.544. The lowest BCUT2D eigenvalue weighted by atomic mass is 9.96. The standard InChI is InChI=1S/C17H30N4/c1-6-10-18-14-11-15(20-16(19-14)17(3,4)5)21(7-2)12-13-8-9-13/h11,13H,6-10,12H2,1-5H3,(H,18,19,20). The first kappa shape index (κ1) is 16.1. The van der Waals surface area contributed by atoms with Crippen LogP contribution in [0.5, 0.6) is 0 Å². The Labute approximate surface area is 129 Å². The number of aromatic nitrogens is 2. The van der Waals surface area contributed by atoms with E-state index in [1.54, 1.807) is 0 Å². The molecule has 0 atom stereocenters. The van der Waals surface area contributed by atoms with E-state index in [0.717, 1.165) is 49.4 Å².